The topological polar surface area (TPSA) is 24.1 Å². The molecule has 2 heterocycles. The van der Waals surface area contributed by atoms with Crippen molar-refractivity contribution in [1.82, 2.24) is 10.6 Å². The van der Waals surface area contributed by atoms with Gasteiger partial charge in [0.15, 0.2) is 0 Å². The molecule has 4 unspecified atom stereocenters. The third-order valence-electron chi connectivity index (χ3n) is 29.1. The normalized spacial score (nSPS) is 29.8. The fraction of sp³-hybridized carbons (Fsp3) is 0.263. The number of hydrogen-bond donors (Lipinski definition) is 2. The Morgan fingerprint density at radius 3 is 0.346 bits per heavy atom. The summed E-state index contributed by atoms with van der Waals surface area (Å²) in [7, 11) is 0. The average Bonchev–Trinajstić information content (AvgIpc) is 1.44. The largest absolute Gasteiger partial charge is 0.307 e. The van der Waals surface area contributed by atoms with Crippen molar-refractivity contribution in [2.75, 3.05) is 0 Å². The van der Waals surface area contributed by atoms with E-state index in [0.29, 0.717) is 0 Å². The minimum atomic E-state index is -0.234. The molecule has 10 aliphatic rings. The quantitative estimate of drug-likeness (QED) is 0.148. The second-order valence-corrected chi connectivity index (χ2v) is 33.1. The van der Waals surface area contributed by atoms with Crippen LogP contribution in [0.5, 0.6) is 0 Å². The minimum Gasteiger partial charge on any atom is -0.307 e. The fourth-order valence-electron chi connectivity index (χ4n) is 30.6. The molecule has 0 saturated carbocycles. The van der Waals surface area contributed by atoms with Gasteiger partial charge >= 0.3 is 0 Å². The minimum absolute atomic E-state index is 0.122. The maximum atomic E-state index is 4.59. The summed E-state index contributed by atoms with van der Waals surface area (Å²) >= 11 is 0. The molecule has 24 aromatic rings. The molecule has 34 rings (SSSR count). The third kappa shape index (κ3) is 1.83. The van der Waals surface area contributed by atoms with Gasteiger partial charge in [0.1, 0.15) is 0 Å². The van der Waals surface area contributed by atoms with Crippen LogP contribution in [-0.4, -0.2) is 22.2 Å². The van der Waals surface area contributed by atoms with Crippen LogP contribution in [0.15, 0.2) is 0 Å². The van der Waals surface area contributed by atoms with Crippen LogP contribution >= 0.6 is 0 Å². The molecule has 8 aliphatic carbocycles. The summed E-state index contributed by atoms with van der Waals surface area (Å²) in [4.78, 5) is 0. The number of benzene rings is 16. The Morgan fingerprint density at radius 2 is 0.244 bits per heavy atom. The van der Waals surface area contributed by atoms with E-state index >= 15 is 0 Å². The van der Waals surface area contributed by atoms with Crippen LogP contribution < -0.4 is 10.6 Å². The molecule has 0 bridgehead atoms. The zero-order valence-corrected chi connectivity index (χ0v) is 43.8. The lowest BCUT2D eigenvalue weighted by Gasteiger charge is -2.56. The first-order valence-electron chi connectivity index (χ1n) is 30.3. The van der Waals surface area contributed by atoms with E-state index in [-0.39, 0.29) is 43.8 Å². The standard InChI is InChI=1S/C76H34N2/c1-69(2)9-73-61-45-29-17-15-13-14-16-18-20-26-35-23(16)33(21(13)29)49(61)51(35)63-53-37(26)28-32(20)48-46-30(18)22(14)34-24(15)36-25-19(17)31-27-38(25)54-58-41-39(27)55(65(73)47(31)45)59-43(41)44-42(57(53)67(59)75(63,73)11-71(5,6)77-69)40(28)56-60(44)68(58)76-12-72(7,8)78-70(3,4)10-74(76,66(48)56)62(46)50(34)52(36)64(54)76/h77-78H,9-12H2,1-8H3. The smallest absolute Gasteiger partial charge is 0.0384 e. The molecular weight excluding hydrogens is 941 g/mol. The summed E-state index contributed by atoms with van der Waals surface area (Å²) in [5.41, 5.74) is 13.1. The highest BCUT2D eigenvalue weighted by molar-refractivity contribution is 6.77. The van der Waals surface area contributed by atoms with Gasteiger partial charge in [0.25, 0.3) is 0 Å². The van der Waals surface area contributed by atoms with Gasteiger partial charge in [0.2, 0.25) is 0 Å². The van der Waals surface area contributed by atoms with E-state index < -0.39 is 0 Å². The molecule has 0 aromatic heterocycles. The van der Waals surface area contributed by atoms with E-state index in [2.05, 4.69) is 66.0 Å². The molecule has 78 heavy (non-hydrogen) atoms. The van der Waals surface area contributed by atoms with Gasteiger partial charge in [-0.1, -0.05) is 0 Å². The van der Waals surface area contributed by atoms with Crippen LogP contribution in [0.25, 0.3) is 259 Å². The Hall–Kier alpha value is -7.36. The zero-order chi connectivity index (χ0) is 48.6. The molecule has 2 heteroatoms. The number of nitrogens with one attached hydrogen (secondary N) is 2. The molecule has 2 saturated heterocycles. The molecule has 24 aromatic carbocycles. The number of hydrogen-bond acceptors (Lipinski definition) is 2. The summed E-state index contributed by atoms with van der Waals surface area (Å²) in [6.07, 6.45) is 4.47. The van der Waals surface area contributed by atoms with Crippen molar-refractivity contribution in [1.29, 1.82) is 0 Å². The molecule has 2 N–H and O–H groups in total. The van der Waals surface area contributed by atoms with Crippen molar-refractivity contribution < 1.29 is 0 Å². The molecule has 4 spiro atoms. The van der Waals surface area contributed by atoms with E-state index in [1.54, 1.807) is 259 Å². The monoisotopic (exact) mass is 974 g/mol. The predicted octanol–water partition coefficient (Wildman–Crippen LogP) is 18.7. The lowest BCUT2D eigenvalue weighted by atomic mass is 9.44. The van der Waals surface area contributed by atoms with Gasteiger partial charge in [-0.15, -0.1) is 0 Å². The SMILES string of the molecule is CC1(C)CC23c4c5c6c7c8c9c(c%10c%11c2c2c4c4c%12c%13c%14c%15c%16c%17c%18c%19c%20c%21c%22c(c%13c4c4c2c2c%11c%11c%10c%10c9c9c%13c8c(c6c%15c5%12)c%16c%13c%18c5c%19c6c%21c(c2c%224)c%11c6c%10c59)C%202CC(C)(C)NC(C)(C)CC%14%172)C73CC(C)(C)N1. The lowest BCUT2D eigenvalue weighted by Crippen LogP contribution is -2.54. The van der Waals surface area contributed by atoms with Gasteiger partial charge in [-0.2, -0.15) is 0 Å². The Labute approximate surface area is 436 Å². The van der Waals surface area contributed by atoms with Crippen LogP contribution in [0.3, 0.4) is 0 Å². The van der Waals surface area contributed by atoms with Crippen molar-refractivity contribution in [3.8, 4) is 0 Å². The Kier molecular flexibility index (Phi) is 2.97. The molecule has 0 radical (unpaired) electrons. The fourth-order valence-corrected chi connectivity index (χ4v) is 30.6. The Morgan fingerprint density at radius 1 is 0.154 bits per heavy atom. The van der Waals surface area contributed by atoms with Gasteiger partial charge in [0.05, 0.1) is 0 Å². The van der Waals surface area contributed by atoms with Gasteiger partial charge in [-0.05, 0) is 384 Å². The van der Waals surface area contributed by atoms with Gasteiger partial charge < -0.3 is 10.6 Å². The third-order valence-corrected chi connectivity index (χ3v) is 29.1. The first-order valence-corrected chi connectivity index (χ1v) is 30.3. The summed E-state index contributed by atoms with van der Waals surface area (Å²) in [5, 5.41) is 91.6. The van der Waals surface area contributed by atoms with E-state index in [0.717, 1.165) is 25.7 Å². The summed E-state index contributed by atoms with van der Waals surface area (Å²) in [6.45, 7) is 21.2. The molecule has 2 nitrogen and oxygen atoms in total. The highest BCUT2D eigenvalue weighted by Crippen LogP contribution is 2.89. The van der Waals surface area contributed by atoms with Crippen LogP contribution in [0, 0.1) is 0 Å². The van der Waals surface area contributed by atoms with Crippen molar-refractivity contribution in [2.24, 2.45) is 0 Å². The van der Waals surface area contributed by atoms with Crippen molar-refractivity contribution in [3.63, 3.8) is 0 Å². The maximum Gasteiger partial charge on any atom is 0.0384 e. The van der Waals surface area contributed by atoms with Crippen LogP contribution in [0.1, 0.15) is 126 Å². The van der Waals surface area contributed by atoms with E-state index in [4.69, 9.17) is 0 Å². The Balaban J connectivity index is 1.13. The molecule has 2 aliphatic heterocycles. The Bertz CT molecular complexity index is 7110. The molecule has 4 atom stereocenters. The van der Waals surface area contributed by atoms with E-state index in [1.165, 1.54) is 0 Å². The molecule has 0 amide bonds. The first-order chi connectivity index (χ1) is 37.7. The summed E-state index contributed by atoms with van der Waals surface area (Å²) < 4.78 is 0. The lowest BCUT2D eigenvalue weighted by molar-refractivity contribution is 0.260. The number of rotatable bonds is 0. The van der Waals surface area contributed by atoms with E-state index in [9.17, 15) is 0 Å². The summed E-state index contributed by atoms with van der Waals surface area (Å²) in [6, 6.07) is 0. The predicted molar refractivity (Wildman–Crippen MR) is 328 cm³/mol. The van der Waals surface area contributed by atoms with Gasteiger partial charge in [0, 0.05) is 43.8 Å². The first kappa shape index (κ1) is 32.5. The van der Waals surface area contributed by atoms with Crippen molar-refractivity contribution >= 4 is 259 Å². The molecule has 348 valence electrons. The summed E-state index contributed by atoms with van der Waals surface area (Å²) in [5.74, 6) is 0. The van der Waals surface area contributed by atoms with Crippen LogP contribution in [-0.2, 0) is 21.7 Å². The average molecular weight is 975 g/mol. The van der Waals surface area contributed by atoms with Crippen molar-refractivity contribution in [3.05, 3.63) is 44.5 Å². The molecule has 2 fully saturated rings. The molecular formula is C76H34N2. The highest BCUT2D eigenvalue weighted by atomic mass is 15.1. The van der Waals surface area contributed by atoms with Gasteiger partial charge in [-0.3, -0.25) is 0 Å². The van der Waals surface area contributed by atoms with Crippen LogP contribution in [0.2, 0.25) is 0 Å². The van der Waals surface area contributed by atoms with Gasteiger partial charge in [-0.25, -0.2) is 0 Å². The second-order valence-electron chi connectivity index (χ2n) is 33.1. The second kappa shape index (κ2) is 7.12. The van der Waals surface area contributed by atoms with Crippen LogP contribution in [0.4, 0.5) is 0 Å². The highest BCUT2D eigenvalue weighted by Gasteiger charge is 2.76. The van der Waals surface area contributed by atoms with E-state index in [1.807, 2.05) is 44.5 Å². The van der Waals surface area contributed by atoms with Crippen molar-refractivity contribution in [2.45, 2.75) is 125 Å². The zero-order valence-electron chi connectivity index (χ0n) is 43.8. The maximum absolute atomic E-state index is 4.59.